The van der Waals surface area contributed by atoms with E-state index < -0.39 is 15.8 Å². The summed E-state index contributed by atoms with van der Waals surface area (Å²) in [4.78, 5) is 10.7. The minimum absolute atomic E-state index is 0.0694. The van der Waals surface area contributed by atoms with Crippen molar-refractivity contribution in [3.05, 3.63) is 46.3 Å². The third kappa shape index (κ3) is 3.26. The molecule has 0 aliphatic rings. The second kappa shape index (κ2) is 6.02. The van der Waals surface area contributed by atoms with Gasteiger partial charge in [-0.2, -0.15) is 5.10 Å². The van der Waals surface area contributed by atoms with E-state index in [1.165, 1.54) is 13.1 Å². The number of aryl methyl sites for hydroxylation is 1. The number of nitrogens with zero attached hydrogens (tertiary/aromatic N) is 4. The molecule has 1 aromatic carbocycles. The minimum atomic E-state index is -2.80. The third-order valence-corrected chi connectivity index (χ3v) is 3.73. The van der Waals surface area contributed by atoms with Crippen LogP contribution in [-0.4, -0.2) is 34.5 Å². The SMILES string of the molecule is CN(Cc1c(-c2cnn(C)c2)cccc1[N+](=O)[O-])[SH](=O)=O. The molecule has 0 spiro atoms. The molecular weight excluding hydrogens is 296 g/mol. The number of rotatable bonds is 5. The summed E-state index contributed by atoms with van der Waals surface area (Å²) in [5.41, 5.74) is 1.53. The van der Waals surface area contributed by atoms with Gasteiger partial charge in [-0.05, 0) is 5.56 Å². The van der Waals surface area contributed by atoms with Crippen LogP contribution in [0.1, 0.15) is 5.56 Å². The lowest BCUT2D eigenvalue weighted by Crippen LogP contribution is -2.17. The standard InChI is InChI=1S/C12H14N4O4S/c1-14-7-9(6-13-14)10-4-3-5-12(16(17)18)11(10)8-15(2)21(19)20/h3-7,21H,8H2,1-2H3. The maximum Gasteiger partial charge on any atom is 0.274 e. The van der Waals surface area contributed by atoms with Crippen molar-refractivity contribution in [2.75, 3.05) is 7.05 Å². The highest BCUT2D eigenvalue weighted by molar-refractivity contribution is 7.69. The summed E-state index contributed by atoms with van der Waals surface area (Å²) < 4.78 is 24.6. The molecule has 0 aliphatic heterocycles. The maximum atomic E-state index is 11.2. The molecule has 0 aliphatic carbocycles. The van der Waals surface area contributed by atoms with Gasteiger partial charge >= 0.3 is 0 Å². The van der Waals surface area contributed by atoms with Crippen LogP contribution in [0.25, 0.3) is 11.1 Å². The fourth-order valence-corrected chi connectivity index (χ4v) is 2.29. The van der Waals surface area contributed by atoms with E-state index in [9.17, 15) is 18.5 Å². The molecule has 0 bridgehead atoms. The summed E-state index contributed by atoms with van der Waals surface area (Å²) in [6.45, 7) is -0.0694. The van der Waals surface area contributed by atoms with Gasteiger partial charge in [0.2, 0.25) is 10.9 Å². The zero-order valence-electron chi connectivity index (χ0n) is 11.5. The number of nitro groups is 1. The Morgan fingerprint density at radius 2 is 2.14 bits per heavy atom. The Kier molecular flexibility index (Phi) is 4.34. The van der Waals surface area contributed by atoms with Crippen LogP contribution in [-0.2, 0) is 24.5 Å². The molecule has 0 saturated heterocycles. The van der Waals surface area contributed by atoms with Crippen molar-refractivity contribution in [3.8, 4) is 11.1 Å². The monoisotopic (exact) mass is 310 g/mol. The first-order valence-electron chi connectivity index (χ1n) is 6.01. The van der Waals surface area contributed by atoms with E-state index in [1.807, 2.05) is 0 Å². The van der Waals surface area contributed by atoms with E-state index in [2.05, 4.69) is 5.10 Å². The molecule has 0 unspecified atom stereocenters. The van der Waals surface area contributed by atoms with Crippen molar-refractivity contribution in [2.24, 2.45) is 7.05 Å². The lowest BCUT2D eigenvalue weighted by atomic mass is 10.0. The highest BCUT2D eigenvalue weighted by Gasteiger charge is 2.20. The number of benzene rings is 1. The Morgan fingerprint density at radius 3 is 2.67 bits per heavy atom. The van der Waals surface area contributed by atoms with E-state index in [1.54, 1.807) is 36.3 Å². The Labute approximate surface area is 122 Å². The normalized spacial score (nSPS) is 11.2. The Bertz CT molecular complexity index is 745. The number of thiol groups is 1. The van der Waals surface area contributed by atoms with Gasteiger partial charge in [-0.25, -0.2) is 12.7 Å². The van der Waals surface area contributed by atoms with Crippen LogP contribution >= 0.6 is 0 Å². The molecule has 1 aromatic heterocycles. The van der Waals surface area contributed by atoms with Gasteiger partial charge in [0.25, 0.3) is 5.69 Å². The van der Waals surface area contributed by atoms with Crippen LogP contribution in [0.2, 0.25) is 0 Å². The molecule has 2 aromatic rings. The molecule has 0 radical (unpaired) electrons. The van der Waals surface area contributed by atoms with E-state index in [-0.39, 0.29) is 12.2 Å². The highest BCUT2D eigenvalue weighted by atomic mass is 32.2. The molecule has 1 heterocycles. The lowest BCUT2D eigenvalue weighted by Gasteiger charge is -2.12. The van der Waals surface area contributed by atoms with Crippen LogP contribution in [0.15, 0.2) is 30.6 Å². The van der Waals surface area contributed by atoms with Crippen molar-refractivity contribution in [2.45, 2.75) is 6.54 Å². The summed E-state index contributed by atoms with van der Waals surface area (Å²) in [6.07, 6.45) is 3.31. The highest BCUT2D eigenvalue weighted by Crippen LogP contribution is 2.31. The topological polar surface area (TPSA) is 98.3 Å². The number of aromatic nitrogens is 2. The number of hydrogen-bond acceptors (Lipinski definition) is 5. The first kappa shape index (κ1) is 15.1. The van der Waals surface area contributed by atoms with Crippen molar-refractivity contribution >= 4 is 16.6 Å². The Balaban J connectivity index is 2.59. The minimum Gasteiger partial charge on any atom is -0.275 e. The third-order valence-electron chi connectivity index (χ3n) is 3.03. The van der Waals surface area contributed by atoms with E-state index in [0.717, 1.165) is 4.31 Å². The van der Waals surface area contributed by atoms with Gasteiger partial charge in [-0.1, -0.05) is 12.1 Å². The molecule has 21 heavy (non-hydrogen) atoms. The molecule has 0 fully saturated rings. The smallest absolute Gasteiger partial charge is 0.274 e. The average molecular weight is 310 g/mol. The summed E-state index contributed by atoms with van der Waals surface area (Å²) in [7, 11) is 0.305. The molecular formula is C12H14N4O4S. The summed E-state index contributed by atoms with van der Waals surface area (Å²) >= 11 is 0. The molecule has 0 N–H and O–H groups in total. The van der Waals surface area contributed by atoms with Crippen LogP contribution in [0.5, 0.6) is 0 Å². The first-order chi connectivity index (χ1) is 9.90. The predicted molar refractivity (Wildman–Crippen MR) is 77.1 cm³/mol. The van der Waals surface area contributed by atoms with Crippen LogP contribution in [0.4, 0.5) is 5.69 Å². The van der Waals surface area contributed by atoms with Crippen molar-refractivity contribution < 1.29 is 13.3 Å². The second-order valence-corrected chi connectivity index (χ2v) is 5.68. The quantitative estimate of drug-likeness (QED) is 0.504. The molecule has 0 saturated carbocycles. The fraction of sp³-hybridized carbons (Fsp3) is 0.250. The molecule has 112 valence electrons. The van der Waals surface area contributed by atoms with Crippen LogP contribution in [0, 0.1) is 10.1 Å². The van der Waals surface area contributed by atoms with E-state index in [4.69, 9.17) is 0 Å². The van der Waals surface area contributed by atoms with Gasteiger partial charge in [0, 0.05) is 38.5 Å². The lowest BCUT2D eigenvalue weighted by molar-refractivity contribution is -0.385. The molecule has 0 amide bonds. The Hall–Kier alpha value is -2.26. The average Bonchev–Trinajstić information content (AvgIpc) is 2.85. The fourth-order valence-electron chi connectivity index (χ4n) is 2.03. The Morgan fingerprint density at radius 1 is 1.43 bits per heavy atom. The largest absolute Gasteiger partial charge is 0.275 e. The van der Waals surface area contributed by atoms with Crippen molar-refractivity contribution in [3.63, 3.8) is 0 Å². The van der Waals surface area contributed by atoms with E-state index in [0.29, 0.717) is 16.7 Å². The summed E-state index contributed by atoms with van der Waals surface area (Å²) in [5.74, 6) is 0. The van der Waals surface area contributed by atoms with Gasteiger partial charge in [-0.15, -0.1) is 0 Å². The van der Waals surface area contributed by atoms with Gasteiger partial charge in [0.05, 0.1) is 16.7 Å². The summed E-state index contributed by atoms with van der Waals surface area (Å²) in [5, 5.41) is 15.2. The van der Waals surface area contributed by atoms with Gasteiger partial charge < -0.3 is 0 Å². The maximum absolute atomic E-state index is 11.2. The van der Waals surface area contributed by atoms with Crippen molar-refractivity contribution in [1.82, 2.24) is 14.1 Å². The number of hydrogen-bond donors (Lipinski definition) is 1. The first-order valence-corrected chi connectivity index (χ1v) is 7.14. The zero-order chi connectivity index (χ0) is 15.6. The van der Waals surface area contributed by atoms with Crippen molar-refractivity contribution in [1.29, 1.82) is 0 Å². The molecule has 8 nitrogen and oxygen atoms in total. The van der Waals surface area contributed by atoms with Gasteiger partial charge in [-0.3, -0.25) is 14.8 Å². The van der Waals surface area contributed by atoms with Crippen LogP contribution < -0.4 is 0 Å². The molecule has 0 atom stereocenters. The summed E-state index contributed by atoms with van der Waals surface area (Å²) in [6, 6.07) is 4.65. The molecule has 2 rings (SSSR count). The van der Waals surface area contributed by atoms with Crippen LogP contribution in [0.3, 0.4) is 0 Å². The van der Waals surface area contributed by atoms with Gasteiger partial charge in [0.1, 0.15) is 0 Å². The second-order valence-electron chi connectivity index (χ2n) is 4.52. The molecule has 9 heteroatoms. The predicted octanol–water partition coefficient (Wildman–Crippen LogP) is 0.953. The number of nitro benzene ring substituents is 1. The zero-order valence-corrected chi connectivity index (χ0v) is 12.4. The van der Waals surface area contributed by atoms with Gasteiger partial charge in [0.15, 0.2) is 0 Å². The van der Waals surface area contributed by atoms with E-state index >= 15 is 0 Å².